The first-order chi connectivity index (χ1) is 30.5. The van der Waals surface area contributed by atoms with Crippen molar-refractivity contribution in [3.63, 3.8) is 0 Å². The molecule has 4 heteroatoms. The summed E-state index contributed by atoms with van der Waals surface area (Å²) in [5, 5.41) is 50.8. The molecule has 0 aliphatic heterocycles. The summed E-state index contributed by atoms with van der Waals surface area (Å²) in [7, 11) is 0. The Bertz CT molecular complexity index is 2300. The van der Waals surface area contributed by atoms with Crippen molar-refractivity contribution < 1.29 is 20.4 Å². The maximum atomic E-state index is 12.7. The third-order valence-corrected chi connectivity index (χ3v) is 14.1. The minimum atomic E-state index is -0.565. The maximum Gasteiger partial charge on any atom is 0.123 e. The van der Waals surface area contributed by atoms with Crippen LogP contribution in [0.15, 0.2) is 72.8 Å². The number of benzene rings is 5. The lowest BCUT2D eigenvalue weighted by Gasteiger charge is -2.33. The lowest BCUT2D eigenvalue weighted by molar-refractivity contribution is 0.427. The Labute approximate surface area is 413 Å². The number of hydrogen-bond donors (Lipinski definition) is 4. The van der Waals surface area contributed by atoms with Gasteiger partial charge >= 0.3 is 0 Å². The summed E-state index contributed by atoms with van der Waals surface area (Å²) in [5.74, 6) is -0.214. The number of hydrogen-bond acceptors (Lipinski definition) is 4. The first-order valence-corrected chi connectivity index (χ1v) is 25.1. The van der Waals surface area contributed by atoms with Gasteiger partial charge in [0.1, 0.15) is 23.0 Å². The average Bonchev–Trinajstić information content (AvgIpc) is 3.14. The number of aromatic hydroxyl groups is 4. The van der Waals surface area contributed by atoms with E-state index in [1.807, 2.05) is 0 Å². The molecule has 5 aromatic carbocycles. The van der Waals surface area contributed by atoms with E-state index in [4.69, 9.17) is 0 Å². The molecule has 0 unspecified atom stereocenters. The fraction of sp³-hybridized carbons (Fsp3) is 0.531. The quantitative estimate of drug-likeness (QED) is 0.128. The molecule has 0 amide bonds. The van der Waals surface area contributed by atoms with Gasteiger partial charge in [0, 0.05) is 34.1 Å². The molecular formula is C64H90O4. The van der Waals surface area contributed by atoms with Crippen molar-refractivity contribution in [3.05, 3.63) is 151 Å². The van der Waals surface area contributed by atoms with E-state index in [-0.39, 0.29) is 66.3 Å². The van der Waals surface area contributed by atoms with Crippen molar-refractivity contribution in [1.82, 2.24) is 0 Å². The topological polar surface area (TPSA) is 80.9 Å². The third-order valence-electron chi connectivity index (χ3n) is 14.1. The Balaban J connectivity index is 2.01. The molecule has 0 fully saturated rings. The molecule has 5 rings (SSSR count). The summed E-state index contributed by atoms with van der Waals surface area (Å²) in [6, 6.07) is 25.8. The molecule has 0 aromatic heterocycles. The van der Waals surface area contributed by atoms with Crippen molar-refractivity contribution in [3.8, 4) is 23.0 Å². The molecule has 0 radical (unpaired) electrons. The van der Waals surface area contributed by atoms with Gasteiger partial charge in [0.2, 0.25) is 0 Å². The van der Waals surface area contributed by atoms with E-state index < -0.39 is 11.8 Å². The molecule has 0 heterocycles. The van der Waals surface area contributed by atoms with Crippen molar-refractivity contribution in [1.29, 1.82) is 0 Å². The minimum Gasteiger partial charge on any atom is -0.507 e. The standard InChI is InChI=1S/C64H90O4/c1-57(2,3)39-29-43(53(65)47(33-39)61(13,14)15)51(44-30-40(58(4,5)6)34-48(54(44)66)62(16,17)18)37-25-27-38(28-26-37)52(45-31-41(59(7,8)9)35-49(55(45)67)63(19,20)21)46-32-42(60(10,11)12)36-50(56(46)68)64(22,23)24/h25-36,51-52,65-68H,1-24H3. The Morgan fingerprint density at radius 2 is 0.412 bits per heavy atom. The fourth-order valence-corrected chi connectivity index (χ4v) is 9.46. The summed E-state index contributed by atoms with van der Waals surface area (Å²) in [6.07, 6.45) is 0. The Kier molecular flexibility index (Phi) is 14.0. The highest BCUT2D eigenvalue weighted by molar-refractivity contribution is 5.64. The van der Waals surface area contributed by atoms with Crippen LogP contribution in [0.25, 0.3) is 0 Å². The zero-order valence-electron chi connectivity index (χ0n) is 46.9. The molecular weight excluding hydrogens is 833 g/mol. The molecule has 0 saturated heterocycles. The van der Waals surface area contributed by atoms with Gasteiger partial charge in [-0.2, -0.15) is 0 Å². The van der Waals surface area contributed by atoms with Crippen molar-refractivity contribution in [2.24, 2.45) is 0 Å². The van der Waals surface area contributed by atoms with Gasteiger partial charge in [-0.3, -0.25) is 0 Å². The zero-order chi connectivity index (χ0) is 52.0. The van der Waals surface area contributed by atoms with Gasteiger partial charge in [0.25, 0.3) is 0 Å². The third kappa shape index (κ3) is 11.2. The van der Waals surface area contributed by atoms with E-state index in [0.29, 0.717) is 0 Å². The molecule has 5 aromatic rings. The monoisotopic (exact) mass is 923 g/mol. The second-order valence-corrected chi connectivity index (χ2v) is 28.4. The van der Waals surface area contributed by atoms with Crippen molar-refractivity contribution in [2.45, 2.75) is 221 Å². The van der Waals surface area contributed by atoms with Gasteiger partial charge in [0.05, 0.1) is 0 Å². The van der Waals surface area contributed by atoms with Gasteiger partial charge in [-0.05, 0) is 99.0 Å². The summed E-state index contributed by atoms with van der Waals surface area (Å²) >= 11 is 0. The molecule has 0 aliphatic rings. The van der Waals surface area contributed by atoms with E-state index in [2.05, 4.69) is 239 Å². The molecule has 0 bridgehead atoms. The molecule has 370 valence electrons. The van der Waals surface area contributed by atoms with Crippen LogP contribution in [-0.4, -0.2) is 20.4 Å². The highest BCUT2D eigenvalue weighted by Gasteiger charge is 2.37. The predicted octanol–water partition coefficient (Wildman–Crippen LogP) is 17.2. The summed E-state index contributed by atoms with van der Waals surface area (Å²) in [4.78, 5) is 0. The summed E-state index contributed by atoms with van der Waals surface area (Å²) in [5.41, 5.74) is 10.2. The molecule has 0 aliphatic carbocycles. The molecule has 0 atom stereocenters. The van der Waals surface area contributed by atoms with E-state index >= 15 is 0 Å². The molecule has 0 spiro atoms. The Morgan fingerprint density at radius 3 is 0.544 bits per heavy atom. The second kappa shape index (κ2) is 17.6. The van der Waals surface area contributed by atoms with E-state index in [1.165, 1.54) is 0 Å². The summed E-state index contributed by atoms with van der Waals surface area (Å²) < 4.78 is 0. The number of phenols is 4. The lowest BCUT2D eigenvalue weighted by atomic mass is 9.71. The molecule has 4 nitrogen and oxygen atoms in total. The van der Waals surface area contributed by atoms with Crippen LogP contribution in [0.4, 0.5) is 0 Å². The van der Waals surface area contributed by atoms with Crippen LogP contribution in [0, 0.1) is 0 Å². The van der Waals surface area contributed by atoms with E-state index in [1.54, 1.807) is 0 Å². The smallest absolute Gasteiger partial charge is 0.123 e. The van der Waals surface area contributed by atoms with Crippen LogP contribution in [0.1, 0.15) is 256 Å². The first-order valence-electron chi connectivity index (χ1n) is 25.1. The lowest BCUT2D eigenvalue weighted by Crippen LogP contribution is -2.21. The van der Waals surface area contributed by atoms with Gasteiger partial charge in [-0.25, -0.2) is 0 Å². The second-order valence-electron chi connectivity index (χ2n) is 28.4. The fourth-order valence-electron chi connectivity index (χ4n) is 9.46. The van der Waals surface area contributed by atoms with Gasteiger partial charge < -0.3 is 20.4 Å². The van der Waals surface area contributed by atoms with Crippen LogP contribution < -0.4 is 0 Å². The van der Waals surface area contributed by atoms with Crippen molar-refractivity contribution in [2.75, 3.05) is 0 Å². The maximum absolute atomic E-state index is 12.7. The SMILES string of the molecule is CC(C)(C)c1cc(C(c2ccc(C(c3cc(C(C)(C)C)cc(C(C)(C)C)c3O)c3cc(C(C)(C)C)cc(C(C)(C)C)c3O)cc2)c2cc(C(C)(C)C)cc(C(C)(C)C)c2O)c(O)c(C(C)(C)C)c1. The number of rotatable bonds is 6. The highest BCUT2D eigenvalue weighted by atomic mass is 16.3. The van der Waals surface area contributed by atoms with Gasteiger partial charge in [-0.15, -0.1) is 0 Å². The Morgan fingerprint density at radius 1 is 0.250 bits per heavy atom. The van der Waals surface area contributed by atoms with Crippen LogP contribution in [-0.2, 0) is 43.3 Å². The van der Waals surface area contributed by atoms with Crippen LogP contribution >= 0.6 is 0 Å². The highest BCUT2D eigenvalue weighted by Crippen LogP contribution is 2.52. The summed E-state index contributed by atoms with van der Waals surface area (Å²) in [6.45, 7) is 52.2. The normalized spacial score (nSPS) is 13.8. The van der Waals surface area contributed by atoms with Gasteiger partial charge in [-0.1, -0.05) is 239 Å². The molecule has 68 heavy (non-hydrogen) atoms. The minimum absolute atomic E-state index is 0.229. The van der Waals surface area contributed by atoms with Gasteiger partial charge in [0.15, 0.2) is 0 Å². The van der Waals surface area contributed by atoms with Crippen LogP contribution in [0.3, 0.4) is 0 Å². The van der Waals surface area contributed by atoms with E-state index in [0.717, 1.165) is 77.9 Å². The van der Waals surface area contributed by atoms with Crippen LogP contribution in [0.2, 0.25) is 0 Å². The largest absolute Gasteiger partial charge is 0.507 e. The molecule has 0 saturated carbocycles. The molecule has 4 N–H and O–H groups in total. The average molecular weight is 923 g/mol. The predicted molar refractivity (Wildman–Crippen MR) is 290 cm³/mol. The Hall–Kier alpha value is -4.70. The number of phenolic OH excluding ortho intramolecular Hbond substituents is 4. The first kappa shape index (κ1) is 54.2. The van der Waals surface area contributed by atoms with Crippen LogP contribution in [0.5, 0.6) is 23.0 Å². The van der Waals surface area contributed by atoms with Crippen molar-refractivity contribution >= 4 is 0 Å². The van der Waals surface area contributed by atoms with E-state index in [9.17, 15) is 20.4 Å². The zero-order valence-corrected chi connectivity index (χ0v) is 46.9.